The second-order valence-electron chi connectivity index (χ2n) is 6.36. The number of anilines is 1. The maximum atomic E-state index is 12.4. The number of nitrogens with zero attached hydrogens (tertiary/aromatic N) is 2. The Labute approximate surface area is 164 Å². The van der Waals surface area contributed by atoms with E-state index in [4.69, 9.17) is 19.9 Å². The molecule has 0 fully saturated rings. The zero-order valence-corrected chi connectivity index (χ0v) is 16.3. The summed E-state index contributed by atoms with van der Waals surface area (Å²) in [6, 6.07) is 12.9. The molecular weight excluding hydrogens is 358 g/mol. The van der Waals surface area contributed by atoms with E-state index in [1.807, 2.05) is 44.2 Å². The highest BCUT2D eigenvalue weighted by atomic mass is 16.6. The number of hydrogen-bond donors (Lipinski definition) is 1. The van der Waals surface area contributed by atoms with Crippen LogP contribution < -0.4 is 15.2 Å². The van der Waals surface area contributed by atoms with E-state index in [1.54, 1.807) is 19.2 Å². The fourth-order valence-corrected chi connectivity index (χ4v) is 2.99. The first kappa shape index (κ1) is 19.5. The van der Waals surface area contributed by atoms with Gasteiger partial charge in [-0.15, -0.1) is 0 Å². The van der Waals surface area contributed by atoms with Gasteiger partial charge in [-0.05, 0) is 49.2 Å². The Kier molecular flexibility index (Phi) is 6.03. The van der Waals surface area contributed by atoms with E-state index in [2.05, 4.69) is 5.10 Å². The molecule has 0 spiro atoms. The summed E-state index contributed by atoms with van der Waals surface area (Å²) in [7, 11) is 1.60. The molecule has 148 valence electrons. The summed E-state index contributed by atoms with van der Waals surface area (Å²) in [5.41, 5.74) is 8.81. The van der Waals surface area contributed by atoms with E-state index in [0.717, 1.165) is 11.1 Å². The lowest BCUT2D eigenvalue weighted by atomic mass is 10.0. The zero-order chi connectivity index (χ0) is 20.1. The standard InChI is InChI=1S/C21H25N3O4/c1-4-17-20(15-8-11-18(26-3)19(12-15)27-5-2)23-24(21(25)28-17)13-14-6-9-16(22)10-7-14/h6-12,17H,4-5,13,22H2,1-3H3. The highest BCUT2D eigenvalue weighted by Crippen LogP contribution is 2.30. The summed E-state index contributed by atoms with van der Waals surface area (Å²) < 4.78 is 16.6. The summed E-state index contributed by atoms with van der Waals surface area (Å²) in [5.74, 6) is 1.27. The van der Waals surface area contributed by atoms with Gasteiger partial charge in [-0.2, -0.15) is 10.1 Å². The van der Waals surface area contributed by atoms with E-state index >= 15 is 0 Å². The van der Waals surface area contributed by atoms with Crippen molar-refractivity contribution in [1.29, 1.82) is 0 Å². The molecule has 2 N–H and O–H groups in total. The third-order valence-corrected chi connectivity index (χ3v) is 4.43. The maximum absolute atomic E-state index is 12.4. The van der Waals surface area contributed by atoms with Gasteiger partial charge in [-0.3, -0.25) is 0 Å². The normalized spacial score (nSPS) is 16.4. The van der Waals surface area contributed by atoms with Crippen molar-refractivity contribution in [1.82, 2.24) is 5.01 Å². The molecule has 1 unspecified atom stereocenters. The fraction of sp³-hybridized carbons (Fsp3) is 0.333. The molecule has 1 aliphatic heterocycles. The number of carbonyl (C=O) groups excluding carboxylic acids is 1. The molecule has 1 amide bonds. The topological polar surface area (TPSA) is 86.4 Å². The highest BCUT2D eigenvalue weighted by Gasteiger charge is 2.31. The predicted octanol–water partition coefficient (Wildman–Crippen LogP) is 3.81. The van der Waals surface area contributed by atoms with Crippen LogP contribution >= 0.6 is 0 Å². The van der Waals surface area contributed by atoms with E-state index in [-0.39, 0.29) is 0 Å². The van der Waals surface area contributed by atoms with Gasteiger partial charge in [0.05, 0.1) is 20.3 Å². The lowest BCUT2D eigenvalue weighted by Gasteiger charge is -2.29. The fourth-order valence-electron chi connectivity index (χ4n) is 2.99. The van der Waals surface area contributed by atoms with Crippen LogP contribution in [0.25, 0.3) is 0 Å². The number of benzene rings is 2. The van der Waals surface area contributed by atoms with Crippen molar-refractivity contribution < 1.29 is 19.0 Å². The van der Waals surface area contributed by atoms with Gasteiger partial charge in [-0.1, -0.05) is 19.1 Å². The van der Waals surface area contributed by atoms with Crippen molar-refractivity contribution in [3.8, 4) is 11.5 Å². The number of cyclic esters (lactones) is 1. The van der Waals surface area contributed by atoms with Crippen molar-refractivity contribution in [2.45, 2.75) is 32.9 Å². The van der Waals surface area contributed by atoms with Gasteiger partial charge in [0.1, 0.15) is 11.8 Å². The van der Waals surface area contributed by atoms with Gasteiger partial charge in [0, 0.05) is 11.3 Å². The summed E-state index contributed by atoms with van der Waals surface area (Å²) in [6.45, 7) is 4.68. The smallest absolute Gasteiger partial charge is 0.431 e. The number of nitrogens with two attached hydrogens (primary N) is 1. The molecule has 1 aliphatic rings. The first-order chi connectivity index (χ1) is 13.5. The van der Waals surface area contributed by atoms with Crippen molar-refractivity contribution in [3.63, 3.8) is 0 Å². The van der Waals surface area contributed by atoms with Gasteiger partial charge in [0.25, 0.3) is 0 Å². The van der Waals surface area contributed by atoms with Crippen LogP contribution in [0.2, 0.25) is 0 Å². The third kappa shape index (κ3) is 4.19. The van der Waals surface area contributed by atoms with Crippen LogP contribution in [0.15, 0.2) is 47.6 Å². The lowest BCUT2D eigenvalue weighted by molar-refractivity contribution is 0.0712. The molecule has 1 heterocycles. The molecule has 0 aromatic heterocycles. The summed E-state index contributed by atoms with van der Waals surface area (Å²) in [6.07, 6.45) is -0.264. The Hall–Kier alpha value is -3.22. The number of nitrogen functional groups attached to an aromatic ring is 1. The number of hydrogen-bond acceptors (Lipinski definition) is 6. The van der Waals surface area contributed by atoms with Crippen LogP contribution in [-0.4, -0.2) is 36.6 Å². The number of rotatable bonds is 7. The first-order valence-corrected chi connectivity index (χ1v) is 9.28. The van der Waals surface area contributed by atoms with Gasteiger partial charge < -0.3 is 19.9 Å². The SMILES string of the molecule is CCOc1cc(C2=NN(Cc3ccc(N)cc3)C(=O)OC2CC)ccc1OC. The average Bonchev–Trinajstić information content (AvgIpc) is 2.71. The Bertz CT molecular complexity index is 864. The number of methoxy groups -OCH3 is 1. The number of ether oxygens (including phenoxy) is 3. The second-order valence-corrected chi connectivity index (χ2v) is 6.36. The predicted molar refractivity (Wildman–Crippen MR) is 108 cm³/mol. The molecule has 0 saturated heterocycles. The molecule has 1 atom stereocenters. The Morgan fingerprint density at radius 3 is 2.54 bits per heavy atom. The Balaban J connectivity index is 1.95. The van der Waals surface area contributed by atoms with Gasteiger partial charge in [0.15, 0.2) is 11.5 Å². The van der Waals surface area contributed by atoms with Crippen molar-refractivity contribution in [3.05, 3.63) is 53.6 Å². The molecule has 3 rings (SSSR count). The van der Waals surface area contributed by atoms with Crippen LogP contribution in [0, 0.1) is 0 Å². The molecule has 0 bridgehead atoms. The third-order valence-electron chi connectivity index (χ3n) is 4.43. The quantitative estimate of drug-likeness (QED) is 0.735. The molecule has 0 aliphatic carbocycles. The molecule has 7 heteroatoms. The van der Waals surface area contributed by atoms with Gasteiger partial charge >= 0.3 is 6.09 Å². The molecule has 7 nitrogen and oxygen atoms in total. The summed E-state index contributed by atoms with van der Waals surface area (Å²) >= 11 is 0. The zero-order valence-electron chi connectivity index (χ0n) is 16.3. The van der Waals surface area contributed by atoms with Crippen molar-refractivity contribution in [2.24, 2.45) is 5.10 Å². The van der Waals surface area contributed by atoms with Crippen LogP contribution in [0.3, 0.4) is 0 Å². The molecule has 2 aromatic rings. The minimum Gasteiger partial charge on any atom is -0.493 e. The Morgan fingerprint density at radius 1 is 1.14 bits per heavy atom. The summed E-state index contributed by atoms with van der Waals surface area (Å²) in [5, 5.41) is 5.94. The number of amides is 1. The van der Waals surface area contributed by atoms with Gasteiger partial charge in [0.2, 0.25) is 0 Å². The molecular formula is C21H25N3O4. The van der Waals surface area contributed by atoms with Crippen molar-refractivity contribution in [2.75, 3.05) is 19.5 Å². The summed E-state index contributed by atoms with van der Waals surface area (Å²) in [4.78, 5) is 12.4. The van der Waals surface area contributed by atoms with E-state index < -0.39 is 12.2 Å². The monoisotopic (exact) mass is 383 g/mol. The molecule has 0 saturated carbocycles. The first-order valence-electron chi connectivity index (χ1n) is 9.28. The second kappa shape index (κ2) is 8.65. The average molecular weight is 383 g/mol. The van der Waals surface area contributed by atoms with Gasteiger partial charge in [-0.25, -0.2) is 4.79 Å². The minimum atomic E-state index is -0.467. The maximum Gasteiger partial charge on any atom is 0.431 e. The molecule has 2 aromatic carbocycles. The largest absolute Gasteiger partial charge is 0.493 e. The van der Waals surface area contributed by atoms with Crippen LogP contribution in [0.4, 0.5) is 10.5 Å². The number of carbonyl (C=O) groups is 1. The van der Waals surface area contributed by atoms with Crippen LogP contribution in [0.1, 0.15) is 31.4 Å². The molecule has 28 heavy (non-hydrogen) atoms. The number of hydrazone groups is 1. The minimum absolute atomic E-state index is 0.299. The molecule has 0 radical (unpaired) electrons. The van der Waals surface area contributed by atoms with E-state index in [1.165, 1.54) is 5.01 Å². The lowest BCUT2D eigenvalue weighted by Crippen LogP contribution is -2.41. The van der Waals surface area contributed by atoms with E-state index in [0.29, 0.717) is 42.5 Å². The Morgan fingerprint density at radius 2 is 1.89 bits per heavy atom. The van der Waals surface area contributed by atoms with Crippen LogP contribution in [0.5, 0.6) is 11.5 Å². The van der Waals surface area contributed by atoms with Crippen LogP contribution in [-0.2, 0) is 11.3 Å². The van der Waals surface area contributed by atoms with Crippen molar-refractivity contribution >= 4 is 17.5 Å². The highest BCUT2D eigenvalue weighted by molar-refractivity contribution is 6.06. The van der Waals surface area contributed by atoms with E-state index in [9.17, 15) is 4.79 Å².